The number of hydrogen-bond donors (Lipinski definition) is 3. The van der Waals surface area contributed by atoms with Crippen molar-refractivity contribution in [3.8, 4) is 5.75 Å². The van der Waals surface area contributed by atoms with Crippen molar-refractivity contribution in [1.29, 1.82) is 0 Å². The lowest BCUT2D eigenvalue weighted by Gasteiger charge is -2.30. The number of carbonyl (C=O) groups is 1. The van der Waals surface area contributed by atoms with Crippen molar-refractivity contribution in [3.05, 3.63) is 43.7 Å². The van der Waals surface area contributed by atoms with Crippen LogP contribution in [0.2, 0.25) is 10.0 Å². The number of halogens is 2. The number of amides is 1. The molecule has 0 fully saturated rings. The highest BCUT2D eigenvalue weighted by Crippen LogP contribution is 2.41. The Balaban J connectivity index is 1.74. The molecule has 2 aliphatic rings. The Bertz CT molecular complexity index is 852. The number of quaternary nitrogens is 1. The molecule has 2 aromatic rings. The number of nitrogens with one attached hydrogen (secondary N) is 3. The van der Waals surface area contributed by atoms with Crippen LogP contribution < -0.4 is 20.6 Å². The molecule has 4 rings (SSSR count). The summed E-state index contributed by atoms with van der Waals surface area (Å²) in [6, 6.07) is 2.96. The predicted octanol–water partition coefficient (Wildman–Crippen LogP) is 1.55. The summed E-state index contributed by atoms with van der Waals surface area (Å²) in [4.78, 5) is 15.3. The van der Waals surface area contributed by atoms with E-state index in [2.05, 4.69) is 17.7 Å². The Kier molecular flexibility index (Phi) is 3.88. The van der Waals surface area contributed by atoms with Crippen LogP contribution in [-0.2, 0) is 13.0 Å². The van der Waals surface area contributed by atoms with Gasteiger partial charge in [0, 0.05) is 16.5 Å². The first-order valence-corrected chi connectivity index (χ1v) is 9.20. The number of thiophene rings is 1. The molecule has 1 amide bonds. The second-order valence-corrected chi connectivity index (χ2v) is 8.15. The highest BCUT2D eigenvalue weighted by Gasteiger charge is 2.34. The summed E-state index contributed by atoms with van der Waals surface area (Å²) in [5, 5.41) is 19.7. The molecule has 0 saturated carbocycles. The molecule has 5 nitrogen and oxygen atoms in total. The molecule has 0 radical (unpaired) electrons. The van der Waals surface area contributed by atoms with Gasteiger partial charge < -0.3 is 20.6 Å². The van der Waals surface area contributed by atoms with E-state index in [9.17, 15) is 9.90 Å². The number of anilines is 1. The smallest absolute Gasteiger partial charge is 0.256 e. The molecule has 2 atom stereocenters. The number of hydrogen-bond acceptors (Lipinski definition) is 4. The highest BCUT2D eigenvalue weighted by atomic mass is 35.5. The molecule has 1 aromatic heterocycles. The van der Waals surface area contributed by atoms with Crippen molar-refractivity contribution in [3.63, 3.8) is 0 Å². The van der Waals surface area contributed by atoms with Crippen LogP contribution in [0, 0.1) is 0 Å². The van der Waals surface area contributed by atoms with Crippen molar-refractivity contribution >= 4 is 45.4 Å². The van der Waals surface area contributed by atoms with E-state index >= 15 is 0 Å². The zero-order valence-corrected chi connectivity index (χ0v) is 15.2. The minimum absolute atomic E-state index is 0.0510. The number of carbonyl (C=O) groups excluding carboxylic acids is 1. The Morgan fingerprint density at radius 2 is 2.12 bits per heavy atom. The minimum Gasteiger partial charge on any atom is -0.871 e. The predicted molar refractivity (Wildman–Crippen MR) is 93.2 cm³/mol. The Labute approximate surface area is 153 Å². The van der Waals surface area contributed by atoms with Crippen LogP contribution in [0.25, 0.3) is 0 Å². The van der Waals surface area contributed by atoms with Gasteiger partial charge >= 0.3 is 0 Å². The molecular weight excluding hydrogens is 369 g/mol. The van der Waals surface area contributed by atoms with Gasteiger partial charge in [0.15, 0.2) is 0 Å². The summed E-state index contributed by atoms with van der Waals surface area (Å²) in [5.41, 5.74) is 2.20. The number of fused-ring (bicyclic) bond motifs is 3. The second-order valence-electron chi connectivity index (χ2n) is 6.20. The van der Waals surface area contributed by atoms with E-state index in [-0.39, 0.29) is 16.7 Å². The van der Waals surface area contributed by atoms with Crippen LogP contribution in [-0.4, -0.2) is 19.5 Å². The average Bonchev–Trinajstić information content (AvgIpc) is 2.88. The summed E-state index contributed by atoms with van der Waals surface area (Å²) in [5.74, 6) is -0.478. The first-order valence-electron chi connectivity index (χ1n) is 7.63. The van der Waals surface area contributed by atoms with Gasteiger partial charge in [0.1, 0.15) is 17.7 Å². The van der Waals surface area contributed by atoms with E-state index in [4.69, 9.17) is 23.2 Å². The lowest BCUT2D eigenvalue weighted by molar-refractivity contribution is -0.895. The van der Waals surface area contributed by atoms with Crippen LogP contribution in [0.3, 0.4) is 0 Å². The molecule has 0 saturated heterocycles. The summed E-state index contributed by atoms with van der Waals surface area (Å²) >= 11 is 13.5. The molecular formula is C16H15Cl2N3O2S. The zero-order chi connectivity index (χ0) is 17.0. The molecule has 0 spiro atoms. The van der Waals surface area contributed by atoms with Crippen molar-refractivity contribution < 1.29 is 14.8 Å². The number of rotatable bonds is 1. The third-order valence-electron chi connectivity index (χ3n) is 4.48. The minimum atomic E-state index is -0.626. The van der Waals surface area contributed by atoms with Crippen LogP contribution in [0.5, 0.6) is 5.75 Å². The molecule has 3 heterocycles. The van der Waals surface area contributed by atoms with Gasteiger partial charge in [-0.05, 0) is 23.3 Å². The lowest BCUT2D eigenvalue weighted by Crippen LogP contribution is -3.08. The van der Waals surface area contributed by atoms with Gasteiger partial charge in [0.25, 0.3) is 5.91 Å². The van der Waals surface area contributed by atoms with E-state index < -0.39 is 6.17 Å². The third-order valence-corrected chi connectivity index (χ3v) is 6.14. The van der Waals surface area contributed by atoms with Crippen molar-refractivity contribution in [2.45, 2.75) is 19.1 Å². The van der Waals surface area contributed by atoms with E-state index in [1.165, 1.54) is 15.8 Å². The SMILES string of the molecule is C[NH+]1CCc2c(sc3c2C(=O)N[C@@H](c2cc(Cl)cc(Cl)c2[O-])N3)C1. The van der Waals surface area contributed by atoms with Crippen LogP contribution in [0.4, 0.5) is 5.00 Å². The molecule has 2 aliphatic heterocycles. The van der Waals surface area contributed by atoms with Gasteiger partial charge in [-0.3, -0.25) is 4.79 Å². The van der Waals surface area contributed by atoms with Gasteiger partial charge in [-0.25, -0.2) is 0 Å². The van der Waals surface area contributed by atoms with E-state index in [0.717, 1.165) is 35.6 Å². The summed E-state index contributed by atoms with van der Waals surface area (Å²) in [6.45, 7) is 1.93. The van der Waals surface area contributed by atoms with Gasteiger partial charge in [0.2, 0.25) is 0 Å². The third kappa shape index (κ3) is 2.54. The normalized spacial score (nSPS) is 22.4. The first kappa shape index (κ1) is 16.0. The summed E-state index contributed by atoms with van der Waals surface area (Å²) < 4.78 is 0. The fourth-order valence-electron chi connectivity index (χ4n) is 3.28. The molecule has 8 heteroatoms. The van der Waals surface area contributed by atoms with Gasteiger partial charge in [-0.15, -0.1) is 11.3 Å². The van der Waals surface area contributed by atoms with Gasteiger partial charge in [-0.1, -0.05) is 29.0 Å². The average molecular weight is 384 g/mol. The maximum atomic E-state index is 12.6. The maximum Gasteiger partial charge on any atom is 0.256 e. The lowest BCUT2D eigenvalue weighted by atomic mass is 10.0. The highest BCUT2D eigenvalue weighted by molar-refractivity contribution is 7.16. The Morgan fingerprint density at radius 1 is 1.33 bits per heavy atom. The fourth-order valence-corrected chi connectivity index (χ4v) is 5.18. The largest absolute Gasteiger partial charge is 0.871 e. The zero-order valence-electron chi connectivity index (χ0n) is 12.8. The van der Waals surface area contributed by atoms with Crippen molar-refractivity contribution in [1.82, 2.24) is 5.32 Å². The molecule has 0 bridgehead atoms. The topological polar surface area (TPSA) is 68.6 Å². The van der Waals surface area contributed by atoms with Gasteiger partial charge in [-0.2, -0.15) is 0 Å². The molecule has 24 heavy (non-hydrogen) atoms. The molecule has 126 valence electrons. The molecule has 0 aliphatic carbocycles. The summed E-state index contributed by atoms with van der Waals surface area (Å²) in [6.07, 6.45) is 0.265. The number of likely N-dealkylation sites (N-methyl/N-ethyl adjacent to an activating group) is 1. The first-order chi connectivity index (χ1) is 11.4. The van der Waals surface area contributed by atoms with Crippen LogP contribution in [0.15, 0.2) is 12.1 Å². The molecule has 1 aromatic carbocycles. The standard InChI is InChI=1S/C16H15Cl2N3O2S/c1-21-3-2-8-11(6-21)24-16-12(8)15(23)19-14(20-16)9-4-7(17)5-10(18)13(9)22/h4-5,14,20,22H,2-3,6H2,1H3,(H,19,23)/t14-/m1/s1. The van der Waals surface area contributed by atoms with E-state index in [1.807, 2.05) is 0 Å². The Hall–Kier alpha value is -1.47. The maximum absolute atomic E-state index is 12.6. The monoisotopic (exact) mass is 383 g/mol. The second kappa shape index (κ2) is 5.81. The molecule has 3 N–H and O–H groups in total. The number of benzene rings is 1. The van der Waals surface area contributed by atoms with E-state index in [1.54, 1.807) is 17.4 Å². The van der Waals surface area contributed by atoms with Crippen LogP contribution >= 0.6 is 34.5 Å². The van der Waals surface area contributed by atoms with Gasteiger partial charge in [0.05, 0.1) is 24.0 Å². The summed E-state index contributed by atoms with van der Waals surface area (Å²) in [7, 11) is 2.15. The van der Waals surface area contributed by atoms with Crippen molar-refractivity contribution in [2.24, 2.45) is 0 Å². The quantitative estimate of drug-likeness (QED) is 0.699. The van der Waals surface area contributed by atoms with Crippen LogP contribution in [0.1, 0.15) is 32.5 Å². The fraction of sp³-hybridized carbons (Fsp3) is 0.312. The molecule has 1 unspecified atom stereocenters. The van der Waals surface area contributed by atoms with Crippen molar-refractivity contribution in [2.75, 3.05) is 18.9 Å². The van der Waals surface area contributed by atoms with E-state index in [0.29, 0.717) is 10.6 Å². The Morgan fingerprint density at radius 3 is 2.92 bits per heavy atom.